The first-order valence-corrected chi connectivity index (χ1v) is 12.2. The van der Waals surface area contributed by atoms with E-state index in [0.29, 0.717) is 0 Å². The van der Waals surface area contributed by atoms with Crippen LogP contribution in [0.1, 0.15) is 14.0 Å². The van der Waals surface area contributed by atoms with Gasteiger partial charge in [0, 0.05) is 7.77 Å². The van der Waals surface area contributed by atoms with Crippen molar-refractivity contribution in [3.05, 3.63) is 12.7 Å². The molecular formula is C10H16N5O12P3. The third kappa shape index (κ3) is 5.68. The summed E-state index contributed by atoms with van der Waals surface area (Å²) in [5, 5.41) is 10.2. The van der Waals surface area contributed by atoms with Crippen LogP contribution in [0.4, 0.5) is 5.82 Å². The molecule has 1 aliphatic heterocycles. The Labute approximate surface area is 168 Å². The molecule has 2 aromatic rings. The summed E-state index contributed by atoms with van der Waals surface area (Å²) in [6, 6.07) is 0. The maximum atomic E-state index is 11.8. The molecule has 0 aromatic carbocycles. The number of aliphatic hydroxyl groups is 1. The van der Waals surface area contributed by atoms with Crippen LogP contribution in [0.25, 0.3) is 11.2 Å². The number of anilines is 1. The minimum Gasteiger partial charge on any atom is -0.390 e. The third-order valence-corrected chi connectivity index (χ3v) is 7.34. The van der Waals surface area contributed by atoms with Gasteiger partial charge >= 0.3 is 23.5 Å². The fourth-order valence-electron chi connectivity index (χ4n) is 2.42. The van der Waals surface area contributed by atoms with Crippen LogP contribution in [0.3, 0.4) is 0 Å². The maximum absolute atomic E-state index is 11.8. The van der Waals surface area contributed by atoms with Crippen molar-refractivity contribution in [1.29, 1.82) is 0 Å². The maximum Gasteiger partial charge on any atom is 0.490 e. The molecule has 3 rings (SSSR count). The summed E-state index contributed by atoms with van der Waals surface area (Å²) in [6.45, 7) is -0.916. The zero-order chi connectivity index (χ0) is 23.2. The summed E-state index contributed by atoms with van der Waals surface area (Å²) < 4.78 is 60.2. The van der Waals surface area contributed by atoms with Crippen molar-refractivity contribution in [2.75, 3.05) is 12.3 Å². The van der Waals surface area contributed by atoms with Crippen LogP contribution in [0.15, 0.2) is 12.7 Å². The number of ether oxygens (including phenoxy) is 1. The number of fused-ring (bicyclic) bond motifs is 1. The topological polar surface area (TPSA) is 259 Å². The highest BCUT2D eigenvalue weighted by molar-refractivity contribution is 7.66. The van der Waals surface area contributed by atoms with E-state index in [1.807, 2.05) is 0 Å². The molecule has 7 N–H and O–H groups in total. The Hall–Kier alpha value is -1.32. The largest absolute Gasteiger partial charge is 0.490 e. The molecule has 168 valence electrons. The van der Waals surface area contributed by atoms with Crippen LogP contribution in [0, 0.1) is 0 Å². The molecule has 3 heterocycles. The Morgan fingerprint density at radius 1 is 1.20 bits per heavy atom. The van der Waals surface area contributed by atoms with E-state index in [4.69, 9.17) is 26.5 Å². The lowest BCUT2D eigenvalue weighted by molar-refractivity contribution is -0.0423. The second-order valence-electron chi connectivity index (χ2n) is 5.72. The van der Waals surface area contributed by atoms with Crippen molar-refractivity contribution in [2.45, 2.75) is 24.8 Å². The van der Waals surface area contributed by atoms with Gasteiger partial charge in [0.2, 0.25) is 0 Å². The smallest absolute Gasteiger partial charge is 0.390 e. The molecule has 0 spiro atoms. The first-order valence-electron chi connectivity index (χ1n) is 8.24. The number of imidazole rings is 1. The number of nitrogens with zero attached hydrogens (tertiary/aromatic N) is 4. The Balaban J connectivity index is 1.69. The lowest BCUT2D eigenvalue weighted by atomic mass is 11.1. The molecule has 1 aliphatic rings. The molecule has 0 saturated carbocycles. The van der Waals surface area contributed by atoms with Crippen molar-refractivity contribution >= 4 is 40.4 Å². The number of aromatic nitrogens is 4. The average Bonchev–Trinajstić information content (AvgIpc) is 3.13. The van der Waals surface area contributed by atoms with Crippen LogP contribution in [0.5, 0.6) is 0 Å². The predicted molar refractivity (Wildman–Crippen MR) is 94.1 cm³/mol. The number of hydrogen-bond acceptors (Lipinski definition) is 12. The fourth-order valence-corrected chi connectivity index (χ4v) is 5.45. The van der Waals surface area contributed by atoms with E-state index in [0.717, 1.165) is 6.33 Å². The van der Waals surface area contributed by atoms with Crippen molar-refractivity contribution in [3.8, 4) is 0 Å². The Kier molecular flexibility index (Phi) is 6.07. The number of phosphoric ester groups is 1. The van der Waals surface area contributed by atoms with Gasteiger partial charge in [-0.3, -0.25) is 9.09 Å². The lowest BCUT2D eigenvalue weighted by Gasteiger charge is -2.19. The molecule has 2 aromatic heterocycles. The summed E-state index contributed by atoms with van der Waals surface area (Å²) in [5.41, 5.74) is 6.09. The van der Waals surface area contributed by atoms with Gasteiger partial charge in [0.25, 0.3) is 0 Å². The van der Waals surface area contributed by atoms with E-state index in [2.05, 4.69) is 28.1 Å². The zero-order valence-corrected chi connectivity index (χ0v) is 17.2. The van der Waals surface area contributed by atoms with Gasteiger partial charge in [-0.25, -0.2) is 28.6 Å². The van der Waals surface area contributed by atoms with E-state index in [1.165, 1.54) is 10.9 Å². The minimum atomic E-state index is -5.69. The summed E-state index contributed by atoms with van der Waals surface area (Å²) >= 11 is 0. The van der Waals surface area contributed by atoms with Crippen molar-refractivity contribution in [3.63, 3.8) is 0 Å². The van der Waals surface area contributed by atoms with Gasteiger partial charge in [0.15, 0.2) is 11.5 Å². The van der Waals surface area contributed by atoms with Crippen LogP contribution in [0.2, 0.25) is 0 Å². The highest BCUT2D eigenvalue weighted by Gasteiger charge is 2.43. The molecular weight excluding hydrogens is 490 g/mol. The normalized spacial score (nSPS) is 29.4. The Morgan fingerprint density at radius 3 is 2.57 bits per heavy atom. The highest BCUT2D eigenvalue weighted by Crippen LogP contribution is 2.66. The average molecular weight is 507 g/mol. The van der Waals surface area contributed by atoms with Gasteiger partial charge in [0.05, 0.1) is 19.0 Å². The van der Waals surface area contributed by atoms with Gasteiger partial charge < -0.3 is 35.2 Å². The molecule has 3 unspecified atom stereocenters. The van der Waals surface area contributed by atoms with Crippen LogP contribution in [-0.2, 0) is 31.6 Å². The standard InChI is InChI=1S/C10H16N5O12P3/c11-9-8-10(13-3-12-9)15(4-14-8)7-1-5(16)6(25-7)2-24-29(20,21)27-30(22,23)26-28(17,18)19/h3-7,16H,1-2H2,(H,20,21)(H,22,23)(H2,11,12,13)(H2,17,18,19)/t5-,6+,7+/m0/s1/i1+1D,2+1,3+1,4+1,5+1,6+1,7+1,8+1,9+1,10+1,11+1,12+1,13+1,14+1,15+1/t1?,5-,6+,7+. The zero-order valence-electron chi connectivity index (χ0n) is 15.5. The van der Waals surface area contributed by atoms with Crippen LogP contribution >= 0.6 is 23.5 Å². The summed E-state index contributed by atoms with van der Waals surface area (Å²) in [5.74, 6) is 0.0630. The molecule has 0 amide bonds. The van der Waals surface area contributed by atoms with E-state index in [1.54, 1.807) is 0 Å². The molecule has 1 fully saturated rings. The lowest BCUT2D eigenvalue weighted by Crippen LogP contribution is -2.26. The molecule has 6 atom stereocenters. The molecule has 17 nitrogen and oxygen atoms in total. The third-order valence-electron chi connectivity index (χ3n) is 3.54. The monoisotopic (exact) mass is 507 g/mol. The summed E-state index contributed by atoms with van der Waals surface area (Å²) in [6.07, 6.45) is -3.10. The van der Waals surface area contributed by atoms with Crippen molar-refractivity contribution < 1.29 is 57.6 Å². The molecule has 30 heavy (non-hydrogen) atoms. The quantitative estimate of drug-likeness (QED) is 0.148. The van der Waals surface area contributed by atoms with E-state index in [-0.39, 0.29) is 17.0 Å². The SMILES string of the molecule is [2H][13CH]1[13C@H]([15n]2[13cH][15n][13c]3[13c]([15NH2])[15n][13cH][15n][13c]32)O[13C@H]([13CH2]OP(=O)(O)OP(=O)(O)OP(=O)(O)O)[13C@H]1O. The van der Waals surface area contributed by atoms with Crippen molar-refractivity contribution in [2.24, 2.45) is 0 Å². The van der Waals surface area contributed by atoms with Gasteiger partial charge in [0.1, 0.15) is 24.2 Å². The first-order chi connectivity index (χ1) is 14.2. The molecule has 0 aliphatic carbocycles. The van der Waals surface area contributed by atoms with Gasteiger partial charge in [-0.05, 0) is 0 Å². The second kappa shape index (κ2) is 8.31. The molecule has 0 radical (unpaired) electrons. The van der Waals surface area contributed by atoms with Gasteiger partial charge in [-0.2, -0.15) is 8.62 Å². The van der Waals surface area contributed by atoms with Crippen LogP contribution < -0.4 is 5.73 Å². The molecule has 20 heteroatoms. The Morgan fingerprint density at radius 2 is 1.90 bits per heavy atom. The number of hydrogen-bond donors (Lipinski definition) is 6. The molecule has 0 bridgehead atoms. The summed E-state index contributed by atoms with van der Waals surface area (Å²) in [4.78, 5) is 47.4. The number of nitrogen functional groups attached to an aromatic ring is 1. The van der Waals surface area contributed by atoms with Gasteiger partial charge in [-0.1, -0.05) is 0 Å². The molecule has 1 saturated heterocycles. The number of phosphoric acid groups is 3. The second-order valence-corrected chi connectivity index (χ2v) is 10.1. The minimum absolute atomic E-state index is 0.0630. The van der Waals surface area contributed by atoms with E-state index >= 15 is 0 Å². The first kappa shape index (κ1) is 21.9. The Bertz CT molecular complexity index is 1110. The van der Waals surface area contributed by atoms with Crippen LogP contribution in [-0.4, -0.2) is 63.0 Å². The number of aliphatic hydroxyl groups excluding tert-OH is 1. The summed E-state index contributed by atoms with van der Waals surface area (Å²) in [7, 11) is -16.6. The van der Waals surface area contributed by atoms with Crippen molar-refractivity contribution in [1.82, 2.24) is 19.5 Å². The number of rotatable bonds is 8. The van der Waals surface area contributed by atoms with Gasteiger partial charge in [-0.15, -0.1) is 0 Å². The highest BCUT2D eigenvalue weighted by atomic mass is 31.3. The predicted octanol–water partition coefficient (Wildman–Crippen LogP) is -0.600. The van der Waals surface area contributed by atoms with E-state index < -0.39 is 54.9 Å². The van der Waals surface area contributed by atoms with E-state index in [9.17, 15) is 23.7 Å². The number of nitrogens with two attached hydrogens (primary N) is 1. The fraction of sp³-hybridized carbons (Fsp3) is 0.500.